The molecule has 0 saturated carbocycles. The molecule has 0 bridgehead atoms. The number of nitrogens with one attached hydrogen (secondary N) is 1. The van der Waals surface area contributed by atoms with E-state index >= 15 is 0 Å². The maximum Gasteiger partial charge on any atom is 0.220 e. The van der Waals surface area contributed by atoms with Crippen LogP contribution >= 0.6 is 0 Å². The molecule has 146 valence electrons. The number of rotatable bonds is 8. The normalized spacial score (nSPS) is 12.5. The van der Waals surface area contributed by atoms with Gasteiger partial charge >= 0.3 is 0 Å². The van der Waals surface area contributed by atoms with Gasteiger partial charge in [0.1, 0.15) is 0 Å². The highest BCUT2D eigenvalue weighted by atomic mass is 32.2. The number of carbonyl (C=O) groups excluding carboxylic acids is 1. The van der Waals surface area contributed by atoms with Gasteiger partial charge in [0.2, 0.25) is 5.91 Å². The van der Waals surface area contributed by atoms with Crippen LogP contribution in [0.5, 0.6) is 0 Å². The Morgan fingerprint density at radius 1 is 1.04 bits per heavy atom. The largest absolute Gasteiger partial charge is 0.347 e. The number of carbonyl (C=O) groups is 1. The highest BCUT2D eigenvalue weighted by Gasteiger charge is 2.16. The monoisotopic (exact) mass is 398 g/mol. The molecule has 3 aromatic rings. The van der Waals surface area contributed by atoms with Crippen molar-refractivity contribution in [1.29, 1.82) is 0 Å². The molecule has 1 heterocycles. The van der Waals surface area contributed by atoms with E-state index < -0.39 is 9.84 Å². The molecular weight excluding hydrogens is 376 g/mol. The molecule has 0 aliphatic carbocycles. The molecule has 0 saturated heterocycles. The standard InChI is InChI=1S/C20H22N4O3S/c1-28(26,27)18-10-7-16(8-11-18)9-12-20(25)23-19(15-24-21-13-14-22-24)17-5-3-2-4-6-17/h2-8,10-11,13-14,19H,9,12,15H2,1H3,(H,23,25). The molecule has 1 unspecified atom stereocenters. The van der Waals surface area contributed by atoms with E-state index in [9.17, 15) is 13.2 Å². The van der Waals surface area contributed by atoms with Gasteiger partial charge in [-0.05, 0) is 29.7 Å². The van der Waals surface area contributed by atoms with Crippen LogP contribution in [0.2, 0.25) is 0 Å². The van der Waals surface area contributed by atoms with Crippen LogP contribution in [0.25, 0.3) is 0 Å². The predicted molar refractivity (Wildman–Crippen MR) is 105 cm³/mol. The zero-order chi connectivity index (χ0) is 20.0. The van der Waals surface area contributed by atoms with Crippen LogP contribution in [0.4, 0.5) is 0 Å². The number of aromatic nitrogens is 3. The lowest BCUT2D eigenvalue weighted by atomic mass is 10.1. The summed E-state index contributed by atoms with van der Waals surface area (Å²) in [5.41, 5.74) is 1.89. The first-order chi connectivity index (χ1) is 13.4. The first-order valence-corrected chi connectivity index (χ1v) is 10.8. The van der Waals surface area contributed by atoms with Crippen molar-refractivity contribution in [3.05, 3.63) is 78.1 Å². The molecule has 0 spiro atoms. The number of nitrogens with zero attached hydrogens (tertiary/aromatic N) is 3. The lowest BCUT2D eigenvalue weighted by Gasteiger charge is -2.19. The number of hydrogen-bond donors (Lipinski definition) is 1. The van der Waals surface area contributed by atoms with Crippen LogP contribution in [0.15, 0.2) is 71.9 Å². The van der Waals surface area contributed by atoms with Crippen LogP contribution in [-0.2, 0) is 27.6 Å². The van der Waals surface area contributed by atoms with Gasteiger partial charge in [-0.1, -0.05) is 42.5 Å². The van der Waals surface area contributed by atoms with Gasteiger partial charge in [0, 0.05) is 12.7 Å². The van der Waals surface area contributed by atoms with Gasteiger partial charge < -0.3 is 5.32 Å². The molecule has 1 amide bonds. The van der Waals surface area contributed by atoms with Gasteiger partial charge in [0.15, 0.2) is 9.84 Å². The topological polar surface area (TPSA) is 94.0 Å². The summed E-state index contributed by atoms with van der Waals surface area (Å²) in [6.45, 7) is 0.436. The Morgan fingerprint density at radius 3 is 2.29 bits per heavy atom. The Kier molecular flexibility index (Phi) is 6.20. The van der Waals surface area contributed by atoms with Crippen molar-refractivity contribution in [1.82, 2.24) is 20.3 Å². The molecule has 1 N–H and O–H groups in total. The summed E-state index contributed by atoms with van der Waals surface area (Å²) in [5, 5.41) is 11.3. The summed E-state index contributed by atoms with van der Waals surface area (Å²) in [4.78, 5) is 14.3. The predicted octanol–water partition coefficient (Wildman–Crippen LogP) is 2.17. The molecule has 0 fully saturated rings. The van der Waals surface area contributed by atoms with E-state index in [-0.39, 0.29) is 16.8 Å². The summed E-state index contributed by atoms with van der Waals surface area (Å²) in [5.74, 6) is -0.0896. The van der Waals surface area contributed by atoms with Gasteiger partial charge in [0.25, 0.3) is 0 Å². The van der Waals surface area contributed by atoms with E-state index in [0.29, 0.717) is 19.4 Å². The van der Waals surface area contributed by atoms with Crippen LogP contribution in [0, 0.1) is 0 Å². The highest BCUT2D eigenvalue weighted by Crippen LogP contribution is 2.15. The molecule has 1 atom stereocenters. The van der Waals surface area contributed by atoms with Gasteiger partial charge in [-0.2, -0.15) is 15.0 Å². The Labute approximate surface area is 164 Å². The van der Waals surface area contributed by atoms with Gasteiger partial charge in [-0.25, -0.2) is 8.42 Å². The van der Waals surface area contributed by atoms with E-state index in [0.717, 1.165) is 11.1 Å². The fourth-order valence-corrected chi connectivity index (χ4v) is 3.48. The number of hydrogen-bond acceptors (Lipinski definition) is 5. The smallest absolute Gasteiger partial charge is 0.220 e. The van der Waals surface area contributed by atoms with Crippen molar-refractivity contribution in [3.63, 3.8) is 0 Å². The number of amides is 1. The minimum atomic E-state index is -3.22. The van der Waals surface area contributed by atoms with Crippen LogP contribution < -0.4 is 5.32 Å². The number of aryl methyl sites for hydroxylation is 1. The fraction of sp³-hybridized carbons (Fsp3) is 0.250. The average Bonchev–Trinajstić information content (AvgIpc) is 3.19. The second-order valence-electron chi connectivity index (χ2n) is 6.53. The molecule has 0 aliphatic heterocycles. The Morgan fingerprint density at radius 2 is 1.68 bits per heavy atom. The van der Waals surface area contributed by atoms with Crippen molar-refractivity contribution < 1.29 is 13.2 Å². The lowest BCUT2D eigenvalue weighted by Crippen LogP contribution is -2.32. The van der Waals surface area contributed by atoms with E-state index in [1.165, 1.54) is 6.26 Å². The molecule has 3 rings (SSSR count). The zero-order valence-corrected chi connectivity index (χ0v) is 16.3. The molecule has 2 aromatic carbocycles. The highest BCUT2D eigenvalue weighted by molar-refractivity contribution is 7.90. The summed E-state index contributed by atoms with van der Waals surface area (Å²) in [7, 11) is -3.22. The second-order valence-corrected chi connectivity index (χ2v) is 8.55. The first-order valence-electron chi connectivity index (χ1n) is 8.89. The Hall–Kier alpha value is -3.00. The van der Waals surface area contributed by atoms with Crippen molar-refractivity contribution >= 4 is 15.7 Å². The third-order valence-electron chi connectivity index (χ3n) is 4.34. The van der Waals surface area contributed by atoms with Gasteiger partial charge in [-0.3, -0.25) is 4.79 Å². The first kappa shape index (κ1) is 19.8. The van der Waals surface area contributed by atoms with Crippen LogP contribution in [-0.4, -0.2) is 35.6 Å². The molecule has 0 radical (unpaired) electrons. The van der Waals surface area contributed by atoms with Crippen molar-refractivity contribution in [2.24, 2.45) is 0 Å². The SMILES string of the molecule is CS(=O)(=O)c1ccc(CCC(=O)NC(Cn2nccn2)c2ccccc2)cc1. The maximum atomic E-state index is 12.5. The molecule has 8 heteroatoms. The summed E-state index contributed by atoms with van der Waals surface area (Å²) in [6.07, 6.45) is 5.20. The van der Waals surface area contributed by atoms with E-state index in [1.54, 1.807) is 41.5 Å². The van der Waals surface area contributed by atoms with Gasteiger partial charge in [-0.15, -0.1) is 0 Å². The van der Waals surface area contributed by atoms with Gasteiger partial charge in [0.05, 0.1) is 29.9 Å². The minimum absolute atomic E-state index is 0.0896. The summed E-state index contributed by atoms with van der Waals surface area (Å²) >= 11 is 0. The Balaban J connectivity index is 1.62. The molecule has 28 heavy (non-hydrogen) atoms. The molecular formula is C20H22N4O3S. The summed E-state index contributed by atoms with van der Waals surface area (Å²) in [6, 6.07) is 16.1. The van der Waals surface area contributed by atoms with Crippen LogP contribution in [0.1, 0.15) is 23.6 Å². The van der Waals surface area contributed by atoms with Crippen molar-refractivity contribution in [2.75, 3.05) is 6.26 Å². The maximum absolute atomic E-state index is 12.5. The minimum Gasteiger partial charge on any atom is -0.347 e. The molecule has 0 aliphatic rings. The van der Waals surface area contributed by atoms with E-state index in [2.05, 4.69) is 15.5 Å². The average molecular weight is 398 g/mol. The van der Waals surface area contributed by atoms with E-state index in [4.69, 9.17) is 0 Å². The third-order valence-corrected chi connectivity index (χ3v) is 5.47. The summed E-state index contributed by atoms with van der Waals surface area (Å²) < 4.78 is 23.0. The Bertz CT molecular complexity index is 1000. The van der Waals surface area contributed by atoms with Crippen molar-refractivity contribution in [3.8, 4) is 0 Å². The van der Waals surface area contributed by atoms with Crippen LogP contribution in [0.3, 0.4) is 0 Å². The van der Waals surface area contributed by atoms with Crippen molar-refractivity contribution in [2.45, 2.75) is 30.3 Å². The lowest BCUT2D eigenvalue weighted by molar-refractivity contribution is -0.121. The van der Waals surface area contributed by atoms with E-state index in [1.807, 2.05) is 30.3 Å². The second kappa shape index (κ2) is 8.79. The third kappa shape index (κ3) is 5.50. The fourth-order valence-electron chi connectivity index (χ4n) is 2.85. The molecule has 7 nitrogen and oxygen atoms in total. The molecule has 1 aromatic heterocycles. The number of sulfone groups is 1. The zero-order valence-electron chi connectivity index (χ0n) is 15.5. The quantitative estimate of drug-likeness (QED) is 0.628. The number of benzene rings is 2.